The summed E-state index contributed by atoms with van der Waals surface area (Å²) in [6.07, 6.45) is 4.41. The normalized spacial score (nSPS) is 20.0. The van der Waals surface area contributed by atoms with Crippen molar-refractivity contribution >= 4 is 11.8 Å². The molecule has 0 amide bonds. The van der Waals surface area contributed by atoms with E-state index < -0.39 is 5.60 Å². The van der Waals surface area contributed by atoms with E-state index in [1.807, 2.05) is 25.3 Å². The molecule has 2 rings (SSSR count). The minimum Gasteiger partial charge on any atom is -0.388 e. The molecule has 0 spiro atoms. The number of hydrogen-bond acceptors (Lipinski definition) is 3. The lowest BCUT2D eigenvalue weighted by Gasteiger charge is -2.27. The summed E-state index contributed by atoms with van der Waals surface area (Å²) in [5.41, 5.74) is 0.413. The average Bonchev–Trinajstić information content (AvgIpc) is 3.16. The first-order valence-corrected chi connectivity index (χ1v) is 8.11. The lowest BCUT2D eigenvalue weighted by Crippen LogP contribution is -2.41. The highest BCUT2D eigenvalue weighted by Gasteiger charge is 2.33. The van der Waals surface area contributed by atoms with Gasteiger partial charge in [0.1, 0.15) is 5.82 Å². The Balaban J connectivity index is 1.99. The smallest absolute Gasteiger partial charge is 0.123 e. The Bertz CT molecular complexity index is 403. The zero-order valence-electron chi connectivity index (χ0n) is 11.5. The van der Waals surface area contributed by atoms with Gasteiger partial charge in [-0.05, 0) is 49.6 Å². The lowest BCUT2D eigenvalue weighted by molar-refractivity contribution is 0.0804. The summed E-state index contributed by atoms with van der Waals surface area (Å²) < 4.78 is 13.0. The summed E-state index contributed by atoms with van der Waals surface area (Å²) in [5.74, 6) is 1.13. The molecule has 1 aromatic carbocycles. The molecule has 4 heteroatoms. The molecule has 1 aromatic rings. The molecule has 106 valence electrons. The van der Waals surface area contributed by atoms with Crippen molar-refractivity contribution in [2.75, 3.05) is 18.6 Å². The van der Waals surface area contributed by atoms with Crippen molar-refractivity contribution in [1.29, 1.82) is 0 Å². The Hall–Kier alpha value is -0.580. The van der Waals surface area contributed by atoms with Crippen LogP contribution in [-0.4, -0.2) is 29.3 Å². The van der Waals surface area contributed by atoms with Crippen LogP contribution in [0, 0.1) is 11.7 Å². The van der Waals surface area contributed by atoms with Crippen molar-refractivity contribution in [1.82, 2.24) is 5.32 Å². The second-order valence-corrected chi connectivity index (χ2v) is 6.54. The number of benzene rings is 1. The van der Waals surface area contributed by atoms with Crippen molar-refractivity contribution in [3.63, 3.8) is 0 Å². The predicted octanol–water partition coefficient (Wildman–Crippen LogP) is 2.98. The highest BCUT2D eigenvalue weighted by Crippen LogP contribution is 2.41. The van der Waals surface area contributed by atoms with Crippen molar-refractivity contribution in [2.45, 2.75) is 31.4 Å². The molecule has 0 bridgehead atoms. The Kier molecular flexibility index (Phi) is 4.87. The van der Waals surface area contributed by atoms with Crippen LogP contribution in [0.5, 0.6) is 0 Å². The van der Waals surface area contributed by atoms with Crippen LogP contribution in [0.15, 0.2) is 24.3 Å². The van der Waals surface area contributed by atoms with E-state index in [1.165, 1.54) is 25.0 Å². The third kappa shape index (κ3) is 4.48. The molecule has 1 saturated carbocycles. The van der Waals surface area contributed by atoms with Crippen LogP contribution in [0.4, 0.5) is 4.39 Å². The van der Waals surface area contributed by atoms with E-state index >= 15 is 0 Å². The van der Waals surface area contributed by atoms with Crippen LogP contribution in [0.1, 0.15) is 31.4 Å². The fourth-order valence-electron chi connectivity index (χ4n) is 2.35. The van der Waals surface area contributed by atoms with Gasteiger partial charge >= 0.3 is 0 Å². The summed E-state index contributed by atoms with van der Waals surface area (Å²) in [7, 11) is 0. The van der Waals surface area contributed by atoms with Gasteiger partial charge in [-0.15, -0.1) is 0 Å². The van der Waals surface area contributed by atoms with Gasteiger partial charge in [0.25, 0.3) is 0 Å². The van der Waals surface area contributed by atoms with Gasteiger partial charge in [-0.3, -0.25) is 0 Å². The molecule has 2 N–H and O–H groups in total. The van der Waals surface area contributed by atoms with Crippen LogP contribution in [0.25, 0.3) is 0 Å². The van der Waals surface area contributed by atoms with E-state index in [-0.39, 0.29) is 11.9 Å². The van der Waals surface area contributed by atoms with Crippen LogP contribution in [-0.2, 0) is 0 Å². The summed E-state index contributed by atoms with van der Waals surface area (Å²) in [5, 5.41) is 13.7. The minimum atomic E-state index is -0.702. The van der Waals surface area contributed by atoms with Gasteiger partial charge in [0.15, 0.2) is 0 Å². The quantitative estimate of drug-likeness (QED) is 0.807. The first kappa shape index (κ1) is 14.8. The Morgan fingerprint density at radius 2 is 2.05 bits per heavy atom. The predicted molar refractivity (Wildman–Crippen MR) is 78.9 cm³/mol. The van der Waals surface area contributed by atoms with Gasteiger partial charge in [-0.25, -0.2) is 4.39 Å². The Morgan fingerprint density at radius 1 is 1.42 bits per heavy atom. The molecule has 0 saturated heterocycles. The molecule has 2 nitrogen and oxygen atoms in total. The molecule has 0 aromatic heterocycles. The van der Waals surface area contributed by atoms with Gasteiger partial charge in [-0.2, -0.15) is 11.8 Å². The summed E-state index contributed by atoms with van der Waals surface area (Å²) >= 11 is 1.64. The number of hydrogen-bond donors (Lipinski definition) is 2. The first-order valence-electron chi connectivity index (χ1n) is 6.72. The molecule has 0 aliphatic heterocycles. The minimum absolute atomic E-state index is 0.201. The monoisotopic (exact) mass is 283 g/mol. The van der Waals surface area contributed by atoms with Gasteiger partial charge in [0, 0.05) is 18.3 Å². The molecular formula is C15H22FNOS. The van der Waals surface area contributed by atoms with Crippen LogP contribution in [0.3, 0.4) is 0 Å². The molecular weight excluding hydrogens is 261 g/mol. The highest BCUT2D eigenvalue weighted by molar-refractivity contribution is 7.98. The molecule has 1 fully saturated rings. The molecule has 0 radical (unpaired) electrons. The summed E-state index contributed by atoms with van der Waals surface area (Å²) in [6.45, 7) is 2.41. The number of aliphatic hydroxyl groups is 1. The van der Waals surface area contributed by atoms with E-state index in [0.29, 0.717) is 18.2 Å². The van der Waals surface area contributed by atoms with E-state index in [0.717, 1.165) is 5.56 Å². The number of nitrogens with one attached hydrogen (secondary N) is 1. The zero-order valence-corrected chi connectivity index (χ0v) is 12.3. The van der Waals surface area contributed by atoms with Crippen LogP contribution >= 0.6 is 11.8 Å². The van der Waals surface area contributed by atoms with Crippen LogP contribution < -0.4 is 5.32 Å². The van der Waals surface area contributed by atoms with Crippen molar-refractivity contribution in [3.05, 3.63) is 35.6 Å². The van der Waals surface area contributed by atoms with Gasteiger partial charge in [0.05, 0.1) is 5.60 Å². The molecule has 0 heterocycles. The van der Waals surface area contributed by atoms with Gasteiger partial charge < -0.3 is 10.4 Å². The first-order chi connectivity index (χ1) is 9.02. The third-order valence-electron chi connectivity index (χ3n) is 3.48. The molecule has 2 atom stereocenters. The second-order valence-electron chi connectivity index (χ2n) is 5.68. The van der Waals surface area contributed by atoms with Crippen molar-refractivity contribution < 1.29 is 9.50 Å². The van der Waals surface area contributed by atoms with Crippen molar-refractivity contribution in [2.24, 2.45) is 5.92 Å². The maximum Gasteiger partial charge on any atom is 0.123 e. The van der Waals surface area contributed by atoms with E-state index in [1.54, 1.807) is 11.8 Å². The Morgan fingerprint density at radius 3 is 2.58 bits per heavy atom. The van der Waals surface area contributed by atoms with Crippen LogP contribution in [0.2, 0.25) is 0 Å². The number of halogens is 1. The molecule has 19 heavy (non-hydrogen) atoms. The summed E-state index contributed by atoms with van der Waals surface area (Å²) in [6, 6.07) is 6.93. The van der Waals surface area contributed by atoms with Gasteiger partial charge in [-0.1, -0.05) is 12.1 Å². The summed E-state index contributed by atoms with van der Waals surface area (Å²) in [4.78, 5) is 0. The fourth-order valence-corrected chi connectivity index (χ4v) is 3.07. The third-order valence-corrected chi connectivity index (χ3v) is 4.39. The largest absolute Gasteiger partial charge is 0.388 e. The number of thioether (sulfide) groups is 1. The standard InChI is InChI=1S/C15H22FNOS/c1-15(18,10-19-2)9-17-14(11-3-4-11)12-5-7-13(16)8-6-12/h5-8,11,14,17-18H,3-4,9-10H2,1-2H3. The zero-order chi connectivity index (χ0) is 13.9. The highest BCUT2D eigenvalue weighted by atomic mass is 32.2. The molecule has 2 unspecified atom stereocenters. The molecule has 1 aliphatic carbocycles. The van der Waals surface area contributed by atoms with Crippen molar-refractivity contribution in [3.8, 4) is 0 Å². The van der Waals surface area contributed by atoms with E-state index in [2.05, 4.69) is 5.32 Å². The van der Waals surface area contributed by atoms with E-state index in [4.69, 9.17) is 0 Å². The number of rotatable bonds is 7. The topological polar surface area (TPSA) is 32.3 Å². The second kappa shape index (κ2) is 6.25. The van der Waals surface area contributed by atoms with Gasteiger partial charge in [0.2, 0.25) is 0 Å². The maximum atomic E-state index is 13.0. The molecule has 1 aliphatic rings. The fraction of sp³-hybridized carbons (Fsp3) is 0.600. The SMILES string of the molecule is CSCC(C)(O)CNC(c1ccc(F)cc1)C1CC1. The Labute approximate surface area is 118 Å². The maximum absolute atomic E-state index is 13.0. The average molecular weight is 283 g/mol. The van der Waals surface area contributed by atoms with E-state index in [9.17, 15) is 9.50 Å². The lowest BCUT2D eigenvalue weighted by atomic mass is 10.0.